The van der Waals surface area contributed by atoms with Gasteiger partial charge in [0.15, 0.2) is 0 Å². The van der Waals surface area contributed by atoms with Gasteiger partial charge in [0.25, 0.3) is 0 Å². The summed E-state index contributed by atoms with van der Waals surface area (Å²) >= 11 is 0. The Morgan fingerprint density at radius 1 is 1.86 bits per heavy atom. The van der Waals surface area contributed by atoms with Crippen LogP contribution in [0.1, 0.15) is 17.2 Å². The molecule has 72 valence electrons. The van der Waals surface area contributed by atoms with Crippen molar-refractivity contribution in [2.24, 2.45) is 11.3 Å². The molecule has 0 amide bonds. The number of fused-ring (bicyclic) bond motifs is 3. The highest BCUT2D eigenvalue weighted by atomic mass is 16.4. The zero-order chi connectivity index (χ0) is 9.92. The van der Waals surface area contributed by atoms with Crippen molar-refractivity contribution in [2.45, 2.75) is 12.3 Å². The standard InChI is InChI=1S/C10H10N2O2/c1-2-10(9(13)14)6-3-5-4-11-12-8(5)7(6)10/h2,4,6-7H,1,3H2,(H,11,12)(H,13,14). The molecule has 1 saturated carbocycles. The molecule has 4 nitrogen and oxygen atoms in total. The quantitative estimate of drug-likeness (QED) is 0.682. The lowest BCUT2D eigenvalue weighted by Crippen LogP contribution is -2.18. The van der Waals surface area contributed by atoms with Crippen LogP contribution < -0.4 is 0 Å². The molecule has 1 heterocycles. The van der Waals surface area contributed by atoms with Gasteiger partial charge in [-0.25, -0.2) is 0 Å². The summed E-state index contributed by atoms with van der Waals surface area (Å²) in [6, 6.07) is 0. The maximum absolute atomic E-state index is 11.2. The Kier molecular flexibility index (Phi) is 1.16. The van der Waals surface area contributed by atoms with E-state index in [-0.39, 0.29) is 11.8 Å². The average molecular weight is 190 g/mol. The zero-order valence-electron chi connectivity index (χ0n) is 7.53. The number of aliphatic carboxylic acids is 1. The lowest BCUT2D eigenvalue weighted by atomic mass is 9.95. The Hall–Kier alpha value is -1.58. The average Bonchev–Trinajstić information content (AvgIpc) is 2.48. The molecule has 3 rings (SSSR count). The first-order valence-corrected chi connectivity index (χ1v) is 4.61. The van der Waals surface area contributed by atoms with Gasteiger partial charge < -0.3 is 5.11 Å². The first-order valence-electron chi connectivity index (χ1n) is 4.61. The van der Waals surface area contributed by atoms with Crippen LogP contribution in [-0.4, -0.2) is 21.3 Å². The van der Waals surface area contributed by atoms with Crippen molar-refractivity contribution >= 4 is 5.97 Å². The van der Waals surface area contributed by atoms with E-state index in [0.717, 1.165) is 12.1 Å². The van der Waals surface area contributed by atoms with Gasteiger partial charge in [-0.3, -0.25) is 9.89 Å². The number of hydrogen-bond acceptors (Lipinski definition) is 2. The summed E-state index contributed by atoms with van der Waals surface area (Å²) in [6.07, 6.45) is 4.18. The summed E-state index contributed by atoms with van der Waals surface area (Å²) in [5, 5.41) is 16.0. The Labute approximate surface area is 80.6 Å². The Morgan fingerprint density at radius 3 is 3.29 bits per heavy atom. The molecule has 14 heavy (non-hydrogen) atoms. The van der Waals surface area contributed by atoms with Crippen molar-refractivity contribution in [1.82, 2.24) is 10.2 Å². The van der Waals surface area contributed by atoms with Gasteiger partial charge in [-0.2, -0.15) is 5.10 Å². The van der Waals surface area contributed by atoms with Crippen molar-refractivity contribution in [3.63, 3.8) is 0 Å². The Bertz CT molecular complexity index is 437. The third-order valence-corrected chi connectivity index (χ3v) is 3.63. The fourth-order valence-electron chi connectivity index (χ4n) is 2.86. The molecule has 3 unspecified atom stereocenters. The van der Waals surface area contributed by atoms with E-state index in [1.807, 2.05) is 0 Å². The molecule has 4 heteroatoms. The van der Waals surface area contributed by atoms with Crippen LogP contribution in [-0.2, 0) is 11.2 Å². The van der Waals surface area contributed by atoms with E-state index in [0.29, 0.717) is 0 Å². The van der Waals surface area contributed by atoms with Crippen molar-refractivity contribution in [2.75, 3.05) is 0 Å². The summed E-state index contributed by atoms with van der Waals surface area (Å²) in [5.41, 5.74) is 1.44. The van der Waals surface area contributed by atoms with Gasteiger partial charge in [0.2, 0.25) is 0 Å². The molecule has 1 aromatic heterocycles. The second-order valence-electron chi connectivity index (χ2n) is 4.04. The van der Waals surface area contributed by atoms with Crippen LogP contribution in [0.15, 0.2) is 18.9 Å². The lowest BCUT2D eigenvalue weighted by Gasteiger charge is -2.09. The van der Waals surface area contributed by atoms with Crippen molar-refractivity contribution in [1.29, 1.82) is 0 Å². The van der Waals surface area contributed by atoms with Crippen LogP contribution in [0.4, 0.5) is 0 Å². The second-order valence-corrected chi connectivity index (χ2v) is 4.04. The molecule has 0 saturated heterocycles. The topological polar surface area (TPSA) is 66.0 Å². The molecule has 0 bridgehead atoms. The number of rotatable bonds is 2. The third kappa shape index (κ3) is 0.595. The normalized spacial score (nSPS) is 37.4. The summed E-state index contributed by atoms with van der Waals surface area (Å²) in [4.78, 5) is 11.2. The number of carboxylic acids is 1. The van der Waals surface area contributed by atoms with Gasteiger partial charge in [-0.1, -0.05) is 6.08 Å². The van der Waals surface area contributed by atoms with Gasteiger partial charge in [0.05, 0.1) is 11.6 Å². The molecule has 2 aliphatic rings. The Balaban J connectivity index is 2.07. The van der Waals surface area contributed by atoms with Gasteiger partial charge >= 0.3 is 5.97 Å². The van der Waals surface area contributed by atoms with Crippen molar-refractivity contribution < 1.29 is 9.90 Å². The third-order valence-electron chi connectivity index (χ3n) is 3.63. The monoisotopic (exact) mass is 190 g/mol. The predicted octanol–water partition coefficient (Wildman–Crippen LogP) is 0.936. The largest absolute Gasteiger partial charge is 0.481 e. The minimum absolute atomic E-state index is 0.0787. The second kappa shape index (κ2) is 2.08. The number of nitrogens with zero attached hydrogens (tertiary/aromatic N) is 1. The fraction of sp³-hybridized carbons (Fsp3) is 0.400. The summed E-state index contributed by atoms with van der Waals surface area (Å²) in [5.74, 6) is -0.487. The molecule has 1 aromatic rings. The molecule has 3 atom stereocenters. The molecular formula is C10H10N2O2. The highest BCUT2D eigenvalue weighted by molar-refractivity contribution is 5.85. The number of carbonyl (C=O) groups is 1. The summed E-state index contributed by atoms with van der Waals surface area (Å²) < 4.78 is 0. The Morgan fingerprint density at radius 2 is 2.64 bits per heavy atom. The van der Waals surface area contributed by atoms with Gasteiger partial charge in [-0.05, 0) is 17.9 Å². The van der Waals surface area contributed by atoms with Crippen molar-refractivity contribution in [3.05, 3.63) is 30.1 Å². The first-order chi connectivity index (χ1) is 6.71. The first kappa shape index (κ1) is 7.79. The van der Waals surface area contributed by atoms with Crippen LogP contribution in [0.5, 0.6) is 0 Å². The maximum atomic E-state index is 11.2. The smallest absolute Gasteiger partial charge is 0.314 e. The summed E-state index contributed by atoms with van der Waals surface area (Å²) in [6.45, 7) is 3.64. The van der Waals surface area contributed by atoms with E-state index in [4.69, 9.17) is 5.11 Å². The molecule has 2 N–H and O–H groups in total. The van der Waals surface area contributed by atoms with Crippen molar-refractivity contribution in [3.8, 4) is 0 Å². The van der Waals surface area contributed by atoms with Crippen LogP contribution in [0.2, 0.25) is 0 Å². The van der Waals surface area contributed by atoms with Crippen LogP contribution >= 0.6 is 0 Å². The lowest BCUT2D eigenvalue weighted by molar-refractivity contribution is -0.142. The van der Waals surface area contributed by atoms with Gasteiger partial charge in [-0.15, -0.1) is 6.58 Å². The van der Waals surface area contributed by atoms with Crippen LogP contribution in [0.3, 0.4) is 0 Å². The van der Waals surface area contributed by atoms with E-state index in [1.54, 1.807) is 12.3 Å². The fourth-order valence-corrected chi connectivity index (χ4v) is 2.86. The van der Waals surface area contributed by atoms with Gasteiger partial charge in [0.1, 0.15) is 0 Å². The number of hydrogen-bond donors (Lipinski definition) is 2. The van der Waals surface area contributed by atoms with Crippen LogP contribution in [0.25, 0.3) is 0 Å². The predicted molar refractivity (Wildman–Crippen MR) is 48.8 cm³/mol. The zero-order valence-corrected chi connectivity index (χ0v) is 7.53. The molecule has 0 aromatic carbocycles. The summed E-state index contributed by atoms with van der Waals surface area (Å²) in [7, 11) is 0. The molecule has 1 fully saturated rings. The highest BCUT2D eigenvalue weighted by Gasteiger charge is 2.72. The highest BCUT2D eigenvalue weighted by Crippen LogP contribution is 2.70. The van der Waals surface area contributed by atoms with E-state index in [9.17, 15) is 4.79 Å². The van der Waals surface area contributed by atoms with E-state index >= 15 is 0 Å². The number of aromatic nitrogens is 2. The van der Waals surface area contributed by atoms with E-state index in [2.05, 4.69) is 16.8 Å². The number of nitrogens with one attached hydrogen (secondary N) is 1. The minimum atomic E-state index is -0.761. The molecule has 0 aliphatic heterocycles. The van der Waals surface area contributed by atoms with Crippen LogP contribution in [0, 0.1) is 11.3 Å². The maximum Gasteiger partial charge on any atom is 0.314 e. The molecule has 0 spiro atoms. The SMILES string of the molecule is C=CC1(C(=O)O)C2Cc3cn[nH]c3C21. The molecule has 0 radical (unpaired) electrons. The number of carboxylic acid groups (broad SMARTS) is 1. The number of aromatic amines is 1. The number of H-pyrrole nitrogens is 1. The molecule has 2 aliphatic carbocycles. The van der Waals surface area contributed by atoms with Gasteiger partial charge in [0, 0.05) is 11.6 Å². The van der Waals surface area contributed by atoms with E-state index in [1.165, 1.54) is 5.56 Å². The minimum Gasteiger partial charge on any atom is -0.481 e. The van der Waals surface area contributed by atoms with E-state index < -0.39 is 11.4 Å². The molecular weight excluding hydrogens is 180 g/mol.